The summed E-state index contributed by atoms with van der Waals surface area (Å²) in [4.78, 5) is 4.12. The van der Waals surface area contributed by atoms with Gasteiger partial charge in [-0.15, -0.1) is 0 Å². The number of aromatic nitrogens is 3. The first-order valence-corrected chi connectivity index (χ1v) is 12.5. The van der Waals surface area contributed by atoms with Gasteiger partial charge in [0, 0.05) is 30.6 Å². The summed E-state index contributed by atoms with van der Waals surface area (Å²) in [6.07, 6.45) is -6.43. The highest BCUT2D eigenvalue weighted by Crippen LogP contribution is 2.35. The molecule has 3 aromatic rings. The number of hydrogen-bond acceptors (Lipinski definition) is 6. The number of halogens is 6. The van der Waals surface area contributed by atoms with Gasteiger partial charge in [0.1, 0.15) is 17.8 Å². The molecule has 0 aliphatic carbocycles. The zero-order valence-corrected chi connectivity index (χ0v) is 20.4. The predicted octanol–water partition coefficient (Wildman–Crippen LogP) is 3.99. The van der Waals surface area contributed by atoms with Crippen LogP contribution in [-0.4, -0.2) is 49.1 Å². The van der Waals surface area contributed by atoms with E-state index in [9.17, 15) is 34.8 Å². The van der Waals surface area contributed by atoms with Crippen molar-refractivity contribution >= 4 is 10.2 Å². The number of alkyl halides is 6. The lowest BCUT2D eigenvalue weighted by Crippen LogP contribution is -2.61. The molecule has 0 spiro atoms. The lowest BCUT2D eigenvalue weighted by Gasteiger charge is -2.41. The molecule has 1 fully saturated rings. The maximum absolute atomic E-state index is 12.8. The second-order valence-corrected chi connectivity index (χ2v) is 9.89. The summed E-state index contributed by atoms with van der Waals surface area (Å²) in [5.41, 5.74) is -1.06. The van der Waals surface area contributed by atoms with Crippen LogP contribution in [0.2, 0.25) is 0 Å². The highest BCUT2D eigenvalue weighted by Gasteiger charge is 2.45. The molecule has 0 amide bonds. The van der Waals surface area contributed by atoms with Gasteiger partial charge in [-0.25, -0.2) is 4.68 Å². The number of benzene rings is 1. The molecule has 0 unspecified atom stereocenters. The molecule has 38 heavy (non-hydrogen) atoms. The van der Waals surface area contributed by atoms with Crippen LogP contribution in [0.3, 0.4) is 0 Å². The van der Waals surface area contributed by atoms with Gasteiger partial charge in [0.05, 0.1) is 24.5 Å². The van der Waals surface area contributed by atoms with Crippen LogP contribution in [0.25, 0.3) is 11.3 Å². The lowest BCUT2D eigenvalue weighted by molar-refractivity contribution is -0.137. The van der Waals surface area contributed by atoms with E-state index in [1.54, 1.807) is 13.0 Å². The average molecular weight is 565 g/mol. The van der Waals surface area contributed by atoms with E-state index >= 15 is 0 Å². The van der Waals surface area contributed by atoms with E-state index in [2.05, 4.69) is 14.8 Å². The minimum Gasteiger partial charge on any atom is -0.439 e. The maximum atomic E-state index is 12.8. The SMILES string of the molecule is CCn1nc(-c2cncc(C3(NS(=O)(=O)NCC(F)(F)F)COC3)c2)cc1Oc1ccc(C(F)(F)F)cc1. The summed E-state index contributed by atoms with van der Waals surface area (Å²) in [5.74, 6) is 0.378. The third-order valence-corrected chi connectivity index (χ3v) is 6.71. The van der Waals surface area contributed by atoms with Gasteiger partial charge in [0.25, 0.3) is 10.2 Å². The van der Waals surface area contributed by atoms with Gasteiger partial charge < -0.3 is 9.47 Å². The van der Waals surface area contributed by atoms with Gasteiger partial charge in [-0.05, 0) is 42.8 Å². The Bertz CT molecular complexity index is 1390. The van der Waals surface area contributed by atoms with Crippen molar-refractivity contribution in [3.8, 4) is 22.9 Å². The molecule has 1 aliphatic heterocycles. The van der Waals surface area contributed by atoms with E-state index in [-0.39, 0.29) is 24.8 Å². The lowest BCUT2D eigenvalue weighted by atomic mass is 9.89. The van der Waals surface area contributed by atoms with Crippen molar-refractivity contribution in [1.29, 1.82) is 0 Å². The standard InChI is InChI=1S/C22H21F6N5O4S/c1-2-33-19(37-17-5-3-15(4-6-17)22(26,27)28)8-18(31-33)14-7-16(10-29-9-14)20(12-36-13-20)32-38(34,35)30-11-21(23,24)25/h3-10,30,32H,2,11-13H2,1H3. The molecule has 16 heteroatoms. The van der Waals surface area contributed by atoms with Crippen LogP contribution in [0.5, 0.6) is 11.6 Å². The fourth-order valence-electron chi connectivity index (χ4n) is 3.58. The molecule has 0 bridgehead atoms. The largest absolute Gasteiger partial charge is 0.439 e. The van der Waals surface area contributed by atoms with E-state index in [1.807, 2.05) is 0 Å². The van der Waals surface area contributed by atoms with Crippen molar-refractivity contribution in [2.24, 2.45) is 0 Å². The predicted molar refractivity (Wildman–Crippen MR) is 121 cm³/mol. The molecular weight excluding hydrogens is 544 g/mol. The van der Waals surface area contributed by atoms with Crippen molar-refractivity contribution in [3.63, 3.8) is 0 Å². The smallest absolute Gasteiger partial charge is 0.416 e. The van der Waals surface area contributed by atoms with Gasteiger partial charge in [-0.3, -0.25) is 4.98 Å². The third-order valence-electron chi connectivity index (χ3n) is 5.52. The Morgan fingerprint density at radius 2 is 1.76 bits per heavy atom. The Kier molecular flexibility index (Phi) is 7.44. The Morgan fingerprint density at radius 3 is 2.32 bits per heavy atom. The first-order chi connectivity index (χ1) is 17.7. The molecule has 1 aliphatic rings. The van der Waals surface area contributed by atoms with Crippen molar-refractivity contribution < 1.29 is 44.2 Å². The number of hydrogen-bond donors (Lipinski definition) is 2. The molecule has 3 heterocycles. The molecule has 0 radical (unpaired) electrons. The molecule has 0 atom stereocenters. The topological polar surface area (TPSA) is 107 Å². The van der Waals surface area contributed by atoms with Gasteiger partial charge in [0.2, 0.25) is 5.88 Å². The van der Waals surface area contributed by atoms with Crippen molar-refractivity contribution in [3.05, 3.63) is 59.9 Å². The van der Waals surface area contributed by atoms with E-state index in [4.69, 9.17) is 9.47 Å². The number of pyridine rings is 1. The normalized spacial score (nSPS) is 15.8. The van der Waals surface area contributed by atoms with Crippen LogP contribution in [0.1, 0.15) is 18.1 Å². The van der Waals surface area contributed by atoms with Crippen molar-refractivity contribution in [1.82, 2.24) is 24.2 Å². The van der Waals surface area contributed by atoms with Crippen LogP contribution < -0.4 is 14.2 Å². The molecule has 2 N–H and O–H groups in total. The Morgan fingerprint density at radius 1 is 1.08 bits per heavy atom. The Hall–Kier alpha value is -3.21. The monoisotopic (exact) mass is 565 g/mol. The first-order valence-electron chi connectivity index (χ1n) is 11.0. The number of nitrogens with zero attached hydrogens (tertiary/aromatic N) is 3. The number of ether oxygens (including phenoxy) is 2. The van der Waals surface area contributed by atoms with Crippen LogP contribution in [0.4, 0.5) is 26.3 Å². The first kappa shape index (κ1) is 27.8. The molecule has 9 nitrogen and oxygen atoms in total. The van der Waals surface area contributed by atoms with Crippen LogP contribution in [0.15, 0.2) is 48.8 Å². The summed E-state index contributed by atoms with van der Waals surface area (Å²) in [5, 5.41) is 4.41. The fourth-order valence-corrected chi connectivity index (χ4v) is 4.76. The van der Waals surface area contributed by atoms with E-state index in [0.29, 0.717) is 23.4 Å². The van der Waals surface area contributed by atoms with Crippen LogP contribution >= 0.6 is 0 Å². The third kappa shape index (κ3) is 6.43. The zero-order chi connectivity index (χ0) is 27.8. The van der Waals surface area contributed by atoms with E-state index in [0.717, 1.165) is 12.1 Å². The van der Waals surface area contributed by atoms with Gasteiger partial charge in [-0.2, -0.15) is 49.3 Å². The summed E-state index contributed by atoms with van der Waals surface area (Å²) < 4.78 is 116. The van der Waals surface area contributed by atoms with Gasteiger partial charge in [0.15, 0.2) is 0 Å². The number of rotatable bonds is 9. The van der Waals surface area contributed by atoms with E-state index < -0.39 is 40.2 Å². The van der Waals surface area contributed by atoms with Crippen LogP contribution in [-0.2, 0) is 33.2 Å². The summed E-state index contributed by atoms with van der Waals surface area (Å²) in [6.45, 7) is 0.0984. The average Bonchev–Trinajstić information content (AvgIpc) is 3.22. The van der Waals surface area contributed by atoms with Crippen molar-refractivity contribution in [2.75, 3.05) is 19.8 Å². The molecule has 4 rings (SSSR count). The molecule has 206 valence electrons. The molecule has 1 saturated heterocycles. The molecule has 0 saturated carbocycles. The number of nitrogens with one attached hydrogen (secondary N) is 2. The second kappa shape index (κ2) is 10.2. The number of aryl methyl sites for hydroxylation is 1. The molecule has 1 aromatic carbocycles. The maximum Gasteiger partial charge on any atom is 0.416 e. The molecular formula is C22H21F6N5O4S. The summed E-state index contributed by atoms with van der Waals surface area (Å²) in [7, 11) is -4.55. The molecule has 2 aromatic heterocycles. The zero-order valence-electron chi connectivity index (χ0n) is 19.6. The minimum atomic E-state index is -4.74. The Balaban J connectivity index is 1.57. The highest BCUT2D eigenvalue weighted by atomic mass is 32.2. The second-order valence-electron chi connectivity index (χ2n) is 8.39. The minimum absolute atomic E-state index is 0.142. The highest BCUT2D eigenvalue weighted by molar-refractivity contribution is 7.87. The van der Waals surface area contributed by atoms with Crippen molar-refractivity contribution in [2.45, 2.75) is 31.4 Å². The fraction of sp³-hybridized carbons (Fsp3) is 0.364. The summed E-state index contributed by atoms with van der Waals surface area (Å²) >= 11 is 0. The summed E-state index contributed by atoms with van der Waals surface area (Å²) in [6, 6.07) is 7.23. The quantitative estimate of drug-likeness (QED) is 0.380. The van der Waals surface area contributed by atoms with Gasteiger partial charge in [-0.1, -0.05) is 0 Å². The van der Waals surface area contributed by atoms with Crippen LogP contribution in [0, 0.1) is 0 Å². The van der Waals surface area contributed by atoms with Gasteiger partial charge >= 0.3 is 12.4 Å². The van der Waals surface area contributed by atoms with E-state index in [1.165, 1.54) is 40.0 Å². The Labute approximate surface area is 213 Å².